The third kappa shape index (κ3) is 6.66. The number of ether oxygens (including phenoxy) is 2. The van der Waals surface area contributed by atoms with Gasteiger partial charge >= 0.3 is 11.9 Å². The third-order valence-electron chi connectivity index (χ3n) is 5.20. The van der Waals surface area contributed by atoms with E-state index in [2.05, 4.69) is 35.4 Å². The van der Waals surface area contributed by atoms with Crippen LogP contribution in [0.25, 0.3) is 0 Å². The fourth-order valence-electron chi connectivity index (χ4n) is 3.61. The predicted molar refractivity (Wildman–Crippen MR) is 123 cm³/mol. The van der Waals surface area contributed by atoms with Gasteiger partial charge in [0.2, 0.25) is 6.79 Å². The van der Waals surface area contributed by atoms with Crippen LogP contribution in [-0.2, 0) is 32.0 Å². The van der Waals surface area contributed by atoms with Crippen LogP contribution < -0.4 is 0 Å². The summed E-state index contributed by atoms with van der Waals surface area (Å²) < 4.78 is 10.5. The highest BCUT2D eigenvalue weighted by atomic mass is 35.5. The Balaban J connectivity index is 1.59. The minimum Gasteiger partial charge on any atom is -0.428 e. The van der Waals surface area contributed by atoms with Gasteiger partial charge in [0.15, 0.2) is 0 Å². The molecule has 31 heavy (non-hydrogen) atoms. The van der Waals surface area contributed by atoms with E-state index in [9.17, 15) is 9.59 Å². The maximum atomic E-state index is 13.0. The number of thiophene rings is 1. The fraction of sp³-hybridized carbons (Fsp3) is 0.417. The number of carbonyl (C=O) groups is 2. The number of rotatable bonds is 10. The highest BCUT2D eigenvalue weighted by Crippen LogP contribution is 2.34. The second-order valence-corrected chi connectivity index (χ2v) is 8.79. The molecule has 0 N–H and O–H groups in total. The minimum atomic E-state index is -0.653. The SMILES string of the molecule is CC/C=C\CCCC(=O)OCOC(=O)[C@H](c1ccccc1Cl)N1CCc2sccc2C1. The Morgan fingerprint density at radius 1 is 1.23 bits per heavy atom. The highest BCUT2D eigenvalue weighted by molar-refractivity contribution is 7.10. The summed E-state index contributed by atoms with van der Waals surface area (Å²) in [7, 11) is 0. The van der Waals surface area contributed by atoms with Crippen LogP contribution in [0.2, 0.25) is 5.02 Å². The quantitative estimate of drug-likeness (QED) is 0.197. The van der Waals surface area contributed by atoms with Crippen LogP contribution in [0, 0.1) is 0 Å². The second-order valence-electron chi connectivity index (χ2n) is 7.38. The van der Waals surface area contributed by atoms with Crippen LogP contribution in [-0.4, -0.2) is 30.2 Å². The molecule has 166 valence electrons. The lowest BCUT2D eigenvalue weighted by atomic mass is 10.0. The van der Waals surface area contributed by atoms with Crippen molar-refractivity contribution in [2.24, 2.45) is 0 Å². The van der Waals surface area contributed by atoms with Crippen LogP contribution in [0.15, 0.2) is 47.9 Å². The number of carbonyl (C=O) groups excluding carboxylic acids is 2. The van der Waals surface area contributed by atoms with E-state index < -0.39 is 12.0 Å². The van der Waals surface area contributed by atoms with Gasteiger partial charge in [-0.05, 0) is 54.3 Å². The van der Waals surface area contributed by atoms with Crippen molar-refractivity contribution in [1.29, 1.82) is 0 Å². The van der Waals surface area contributed by atoms with Crippen molar-refractivity contribution in [3.8, 4) is 0 Å². The summed E-state index contributed by atoms with van der Waals surface area (Å²) in [5.41, 5.74) is 1.92. The van der Waals surface area contributed by atoms with Gasteiger partial charge in [0.25, 0.3) is 0 Å². The largest absolute Gasteiger partial charge is 0.428 e. The first kappa shape index (κ1) is 23.5. The lowest BCUT2D eigenvalue weighted by Gasteiger charge is -2.33. The molecule has 0 bridgehead atoms. The molecule has 2 aromatic rings. The normalized spacial score (nSPS) is 14.9. The summed E-state index contributed by atoms with van der Waals surface area (Å²) in [5.74, 6) is -0.835. The molecule has 0 spiro atoms. The molecule has 1 aromatic carbocycles. The summed E-state index contributed by atoms with van der Waals surface area (Å²) >= 11 is 8.16. The lowest BCUT2D eigenvalue weighted by Crippen LogP contribution is -2.39. The highest BCUT2D eigenvalue weighted by Gasteiger charge is 2.33. The molecule has 0 unspecified atom stereocenters. The Morgan fingerprint density at radius 3 is 2.87 bits per heavy atom. The van der Waals surface area contributed by atoms with Gasteiger partial charge in [-0.1, -0.05) is 48.9 Å². The number of allylic oxidation sites excluding steroid dienone is 2. The van der Waals surface area contributed by atoms with Crippen LogP contribution in [0.4, 0.5) is 0 Å². The zero-order valence-electron chi connectivity index (χ0n) is 17.7. The predicted octanol–water partition coefficient (Wildman–Crippen LogP) is 5.68. The zero-order chi connectivity index (χ0) is 22.1. The number of benzene rings is 1. The van der Waals surface area contributed by atoms with Crippen molar-refractivity contribution in [3.63, 3.8) is 0 Å². The first-order valence-corrected chi connectivity index (χ1v) is 11.9. The Morgan fingerprint density at radius 2 is 2.06 bits per heavy atom. The number of hydrogen-bond donors (Lipinski definition) is 0. The average molecular weight is 462 g/mol. The molecule has 1 aromatic heterocycles. The molecule has 3 rings (SSSR count). The molecule has 0 aliphatic carbocycles. The molecular weight excluding hydrogens is 434 g/mol. The van der Waals surface area contributed by atoms with Crippen molar-refractivity contribution < 1.29 is 19.1 Å². The lowest BCUT2D eigenvalue weighted by molar-refractivity contribution is -0.171. The summed E-state index contributed by atoms with van der Waals surface area (Å²) in [6.45, 7) is 3.05. The molecule has 0 radical (unpaired) electrons. The Kier molecular flexibility index (Phi) is 9.13. The van der Waals surface area contributed by atoms with E-state index >= 15 is 0 Å². The first-order chi connectivity index (χ1) is 15.1. The third-order valence-corrected chi connectivity index (χ3v) is 6.57. The van der Waals surface area contributed by atoms with Crippen LogP contribution >= 0.6 is 22.9 Å². The number of esters is 2. The Bertz CT molecular complexity index is 910. The monoisotopic (exact) mass is 461 g/mol. The smallest absolute Gasteiger partial charge is 0.330 e. The molecule has 1 aliphatic heterocycles. The second kappa shape index (κ2) is 12.0. The molecule has 2 heterocycles. The molecule has 0 fully saturated rings. The maximum absolute atomic E-state index is 13.0. The molecule has 1 aliphatic rings. The van der Waals surface area contributed by atoms with Crippen LogP contribution in [0.1, 0.15) is 54.7 Å². The standard InChI is InChI=1S/C24H28ClNO4S/c1-2-3-4-5-6-11-22(27)29-17-30-24(28)23(19-9-7-8-10-20(19)25)26-14-12-21-18(16-26)13-15-31-21/h3-4,7-10,13,15,23H,2,5-6,11-12,14,16-17H2,1H3/b4-3-/t23-/m0/s1. The zero-order valence-corrected chi connectivity index (χ0v) is 19.3. The average Bonchev–Trinajstić information content (AvgIpc) is 3.23. The van der Waals surface area contributed by atoms with Crippen LogP contribution in [0.3, 0.4) is 0 Å². The summed E-state index contributed by atoms with van der Waals surface area (Å²) in [5, 5.41) is 2.59. The summed E-state index contributed by atoms with van der Waals surface area (Å²) in [4.78, 5) is 28.4. The number of fused-ring (bicyclic) bond motifs is 1. The number of halogens is 1. The molecular formula is C24H28ClNO4S. The van der Waals surface area contributed by atoms with Crippen molar-refractivity contribution in [2.75, 3.05) is 13.3 Å². The molecule has 0 saturated heterocycles. The van der Waals surface area contributed by atoms with Crippen LogP contribution in [0.5, 0.6) is 0 Å². The van der Waals surface area contributed by atoms with Crippen molar-refractivity contribution in [1.82, 2.24) is 4.90 Å². The van der Waals surface area contributed by atoms with Gasteiger partial charge in [0.05, 0.1) is 0 Å². The van der Waals surface area contributed by atoms with E-state index in [0.717, 1.165) is 25.8 Å². The van der Waals surface area contributed by atoms with Gasteiger partial charge in [-0.15, -0.1) is 11.3 Å². The number of nitrogens with zero attached hydrogens (tertiary/aromatic N) is 1. The maximum Gasteiger partial charge on any atom is 0.330 e. The van der Waals surface area contributed by atoms with E-state index in [1.807, 2.05) is 18.2 Å². The number of unbranched alkanes of at least 4 members (excludes halogenated alkanes) is 1. The fourth-order valence-corrected chi connectivity index (χ4v) is 4.74. The molecule has 0 amide bonds. The van der Waals surface area contributed by atoms with Crippen molar-refractivity contribution in [3.05, 3.63) is 68.9 Å². The molecule has 5 nitrogen and oxygen atoms in total. The van der Waals surface area contributed by atoms with Gasteiger partial charge in [-0.25, -0.2) is 4.79 Å². The molecule has 7 heteroatoms. The van der Waals surface area contributed by atoms with Gasteiger partial charge < -0.3 is 9.47 Å². The summed E-state index contributed by atoms with van der Waals surface area (Å²) in [6.07, 6.45) is 7.83. The molecule has 0 saturated carbocycles. The van der Waals surface area contributed by atoms with E-state index in [1.54, 1.807) is 17.4 Å². The van der Waals surface area contributed by atoms with Gasteiger partial charge in [-0.2, -0.15) is 0 Å². The van der Waals surface area contributed by atoms with Crippen molar-refractivity contribution >= 4 is 34.9 Å². The minimum absolute atomic E-state index is 0.298. The summed E-state index contributed by atoms with van der Waals surface area (Å²) in [6, 6.07) is 8.74. The topological polar surface area (TPSA) is 55.8 Å². The van der Waals surface area contributed by atoms with Crippen molar-refractivity contribution in [2.45, 2.75) is 51.6 Å². The first-order valence-electron chi connectivity index (χ1n) is 10.6. The van der Waals surface area contributed by atoms with Gasteiger partial charge in [0.1, 0.15) is 6.04 Å². The van der Waals surface area contributed by atoms with Gasteiger partial charge in [-0.3, -0.25) is 9.69 Å². The van der Waals surface area contributed by atoms with E-state index in [4.69, 9.17) is 21.1 Å². The Hall–Kier alpha value is -2.15. The van der Waals surface area contributed by atoms with Gasteiger partial charge in [0, 0.05) is 29.4 Å². The van der Waals surface area contributed by atoms with E-state index in [1.165, 1.54) is 10.4 Å². The Labute approximate surface area is 192 Å². The van der Waals surface area contributed by atoms with E-state index in [-0.39, 0.29) is 12.8 Å². The van der Waals surface area contributed by atoms with E-state index in [0.29, 0.717) is 30.0 Å². The number of hydrogen-bond acceptors (Lipinski definition) is 6. The molecule has 1 atom stereocenters.